The molecule has 3 rings (SSSR count). The molecule has 30 heavy (non-hydrogen) atoms. The van der Waals surface area contributed by atoms with Gasteiger partial charge in [0.2, 0.25) is 0 Å². The predicted molar refractivity (Wildman–Crippen MR) is 121 cm³/mol. The van der Waals surface area contributed by atoms with Crippen molar-refractivity contribution in [2.75, 3.05) is 38.0 Å². The highest BCUT2D eigenvalue weighted by Crippen LogP contribution is 2.34. The third-order valence-electron chi connectivity index (χ3n) is 5.35. The highest BCUT2D eigenvalue weighted by molar-refractivity contribution is 14.1. The van der Waals surface area contributed by atoms with Crippen molar-refractivity contribution in [1.29, 1.82) is 0 Å². The van der Waals surface area contributed by atoms with Crippen molar-refractivity contribution in [3.63, 3.8) is 0 Å². The molecule has 1 aliphatic heterocycles. The van der Waals surface area contributed by atoms with Crippen LogP contribution in [-0.4, -0.2) is 48.4 Å². The van der Waals surface area contributed by atoms with E-state index in [2.05, 4.69) is 39.7 Å². The zero-order valence-corrected chi connectivity index (χ0v) is 19.2. The van der Waals surface area contributed by atoms with E-state index in [1.54, 1.807) is 18.2 Å². The van der Waals surface area contributed by atoms with Gasteiger partial charge < -0.3 is 10.2 Å². The van der Waals surface area contributed by atoms with Crippen molar-refractivity contribution in [2.24, 2.45) is 0 Å². The van der Waals surface area contributed by atoms with Gasteiger partial charge in [0, 0.05) is 42.0 Å². The van der Waals surface area contributed by atoms with Crippen LogP contribution in [0.4, 0.5) is 18.9 Å². The summed E-state index contributed by atoms with van der Waals surface area (Å²) in [5, 5.41) is 2.61. The summed E-state index contributed by atoms with van der Waals surface area (Å²) in [6.07, 6.45) is -4.49. The largest absolute Gasteiger partial charge is 0.416 e. The molecule has 1 N–H and O–H groups in total. The van der Waals surface area contributed by atoms with Crippen LogP contribution < -0.4 is 5.32 Å². The summed E-state index contributed by atoms with van der Waals surface area (Å²) in [6.45, 7) is 8.42. The zero-order valence-electron chi connectivity index (χ0n) is 17.0. The minimum Gasteiger partial charge on any atom is -0.322 e. The van der Waals surface area contributed by atoms with Gasteiger partial charge >= 0.3 is 6.18 Å². The number of carbonyl (C=O) groups is 1. The molecular formula is C22H25F3IN3O. The van der Waals surface area contributed by atoms with Crippen molar-refractivity contribution >= 4 is 34.2 Å². The number of piperazine rings is 1. The Kier molecular flexibility index (Phi) is 7.41. The third kappa shape index (κ3) is 5.73. The molecule has 0 saturated carbocycles. The molecule has 8 heteroatoms. The third-order valence-corrected chi connectivity index (χ3v) is 6.24. The minimum absolute atomic E-state index is 0.142. The molecule has 0 aliphatic carbocycles. The van der Waals surface area contributed by atoms with Crippen LogP contribution in [0.25, 0.3) is 0 Å². The Labute approximate surface area is 188 Å². The number of anilines is 1. The summed E-state index contributed by atoms with van der Waals surface area (Å²) in [7, 11) is 0. The standard InChI is InChI=1S/C22H25F3IN3O/c1-3-28-8-10-29(11-9-28)14-16-5-6-17(13-19(16)22(23,24)25)27-21(30)18-7-4-15(2)12-20(18)26/h4-7,12-13H,3,8-11,14H2,1-2H3,(H,27,30). The maximum atomic E-state index is 13.7. The number of likely N-dealkylation sites (N-methyl/N-ethyl adjacent to an activating group) is 1. The topological polar surface area (TPSA) is 35.6 Å². The molecular weight excluding hydrogens is 506 g/mol. The molecule has 0 aromatic heterocycles. The van der Waals surface area contributed by atoms with Gasteiger partial charge in [-0.15, -0.1) is 0 Å². The van der Waals surface area contributed by atoms with Gasteiger partial charge in [-0.05, 0) is 65.9 Å². The molecule has 0 atom stereocenters. The van der Waals surface area contributed by atoms with Gasteiger partial charge in [0.15, 0.2) is 0 Å². The van der Waals surface area contributed by atoms with Crippen LogP contribution in [0.2, 0.25) is 0 Å². The Morgan fingerprint density at radius 2 is 1.73 bits per heavy atom. The van der Waals surface area contributed by atoms with Crippen molar-refractivity contribution in [2.45, 2.75) is 26.6 Å². The summed E-state index contributed by atoms with van der Waals surface area (Å²) < 4.78 is 41.9. The highest BCUT2D eigenvalue weighted by atomic mass is 127. The van der Waals surface area contributed by atoms with E-state index >= 15 is 0 Å². The Balaban J connectivity index is 1.78. The summed E-state index contributed by atoms with van der Waals surface area (Å²) in [5.41, 5.74) is 1.13. The first-order chi connectivity index (χ1) is 14.2. The summed E-state index contributed by atoms with van der Waals surface area (Å²) >= 11 is 2.05. The monoisotopic (exact) mass is 531 g/mol. The number of benzene rings is 2. The average molecular weight is 531 g/mol. The number of rotatable bonds is 5. The molecule has 1 amide bonds. The highest BCUT2D eigenvalue weighted by Gasteiger charge is 2.34. The number of nitrogens with zero attached hydrogens (tertiary/aromatic N) is 2. The van der Waals surface area contributed by atoms with Gasteiger partial charge in [0.05, 0.1) is 11.1 Å². The lowest BCUT2D eigenvalue weighted by atomic mass is 10.0. The maximum Gasteiger partial charge on any atom is 0.416 e. The Hall–Kier alpha value is -1.65. The number of amides is 1. The van der Waals surface area contributed by atoms with Crippen LogP contribution >= 0.6 is 22.6 Å². The first-order valence-corrected chi connectivity index (χ1v) is 11.0. The number of aryl methyl sites for hydroxylation is 1. The van der Waals surface area contributed by atoms with Gasteiger partial charge in [-0.3, -0.25) is 9.69 Å². The quantitative estimate of drug-likeness (QED) is 0.552. The van der Waals surface area contributed by atoms with E-state index in [1.807, 2.05) is 17.9 Å². The summed E-state index contributed by atoms with van der Waals surface area (Å²) in [5.74, 6) is -0.420. The molecule has 4 nitrogen and oxygen atoms in total. The Bertz CT molecular complexity index is 909. The van der Waals surface area contributed by atoms with Gasteiger partial charge in [-0.1, -0.05) is 24.6 Å². The van der Waals surface area contributed by atoms with Crippen LogP contribution in [-0.2, 0) is 12.7 Å². The smallest absolute Gasteiger partial charge is 0.322 e. The van der Waals surface area contributed by atoms with Crippen molar-refractivity contribution in [1.82, 2.24) is 9.80 Å². The van der Waals surface area contributed by atoms with E-state index in [0.29, 0.717) is 5.56 Å². The van der Waals surface area contributed by atoms with E-state index < -0.39 is 17.6 Å². The molecule has 0 radical (unpaired) electrons. The number of halogens is 4. The number of hydrogen-bond acceptors (Lipinski definition) is 3. The lowest BCUT2D eigenvalue weighted by Crippen LogP contribution is -2.45. The molecule has 1 fully saturated rings. The van der Waals surface area contributed by atoms with Gasteiger partial charge in [-0.2, -0.15) is 13.2 Å². The Morgan fingerprint density at radius 1 is 1.07 bits per heavy atom. The fourth-order valence-corrected chi connectivity index (χ4v) is 4.48. The van der Waals surface area contributed by atoms with Crippen molar-refractivity contribution < 1.29 is 18.0 Å². The van der Waals surface area contributed by atoms with Gasteiger partial charge in [0.1, 0.15) is 0 Å². The maximum absolute atomic E-state index is 13.7. The van der Waals surface area contributed by atoms with Gasteiger partial charge in [-0.25, -0.2) is 0 Å². The average Bonchev–Trinajstić information content (AvgIpc) is 2.68. The SMILES string of the molecule is CCN1CCN(Cc2ccc(NC(=O)c3ccc(C)cc3I)cc2C(F)(F)F)CC1. The summed E-state index contributed by atoms with van der Waals surface area (Å²) in [4.78, 5) is 16.9. The number of alkyl halides is 3. The molecule has 2 aromatic rings. The lowest BCUT2D eigenvalue weighted by molar-refractivity contribution is -0.138. The van der Waals surface area contributed by atoms with E-state index in [4.69, 9.17) is 0 Å². The van der Waals surface area contributed by atoms with Crippen molar-refractivity contribution in [3.8, 4) is 0 Å². The van der Waals surface area contributed by atoms with E-state index in [1.165, 1.54) is 6.07 Å². The van der Waals surface area contributed by atoms with E-state index in [9.17, 15) is 18.0 Å². The second kappa shape index (κ2) is 9.65. The molecule has 2 aromatic carbocycles. The number of nitrogens with one attached hydrogen (secondary N) is 1. The van der Waals surface area contributed by atoms with E-state index in [0.717, 1.165) is 47.9 Å². The lowest BCUT2D eigenvalue weighted by Gasteiger charge is -2.34. The molecule has 0 bridgehead atoms. The molecule has 1 heterocycles. The molecule has 0 spiro atoms. The molecule has 1 aliphatic rings. The predicted octanol–water partition coefficient (Wildman–Crippen LogP) is 5.01. The van der Waals surface area contributed by atoms with Crippen LogP contribution in [0.5, 0.6) is 0 Å². The summed E-state index contributed by atoms with van der Waals surface area (Å²) in [6, 6.07) is 9.41. The van der Waals surface area contributed by atoms with E-state index in [-0.39, 0.29) is 17.8 Å². The molecule has 162 valence electrons. The number of hydrogen-bond donors (Lipinski definition) is 1. The van der Waals surface area contributed by atoms with Crippen molar-refractivity contribution in [3.05, 3.63) is 62.2 Å². The van der Waals surface area contributed by atoms with Crippen LogP contribution in [0.3, 0.4) is 0 Å². The fourth-order valence-electron chi connectivity index (χ4n) is 3.56. The van der Waals surface area contributed by atoms with Crippen LogP contribution in [0.15, 0.2) is 36.4 Å². The fraction of sp³-hybridized carbons (Fsp3) is 0.409. The first kappa shape index (κ1) is 23.0. The Morgan fingerprint density at radius 3 is 2.33 bits per heavy atom. The molecule has 1 saturated heterocycles. The normalized spacial score (nSPS) is 15.9. The van der Waals surface area contributed by atoms with Crippen LogP contribution in [0.1, 0.15) is 34.0 Å². The van der Waals surface area contributed by atoms with Gasteiger partial charge in [0.25, 0.3) is 5.91 Å². The second-order valence-electron chi connectivity index (χ2n) is 7.52. The minimum atomic E-state index is -4.49. The second-order valence-corrected chi connectivity index (χ2v) is 8.68. The first-order valence-electron chi connectivity index (χ1n) is 9.89. The van der Waals surface area contributed by atoms with Crippen LogP contribution in [0, 0.1) is 10.5 Å². The molecule has 0 unspecified atom stereocenters. The number of carbonyl (C=O) groups excluding carboxylic acids is 1. The zero-order chi connectivity index (χ0) is 21.9.